The quantitative estimate of drug-likeness (QED) is 0.861. The lowest BCUT2D eigenvalue weighted by atomic mass is 10.1. The van der Waals surface area contributed by atoms with E-state index in [1.807, 2.05) is 18.0 Å². The number of hydrogen-bond acceptors (Lipinski definition) is 6. The summed E-state index contributed by atoms with van der Waals surface area (Å²) >= 11 is 0. The second-order valence-corrected chi connectivity index (χ2v) is 7.14. The minimum absolute atomic E-state index is 0.0242. The third-order valence-corrected chi connectivity index (χ3v) is 5.61. The van der Waals surface area contributed by atoms with Gasteiger partial charge in [0.05, 0.1) is 25.3 Å². The zero-order valence-corrected chi connectivity index (χ0v) is 14.9. The fourth-order valence-corrected chi connectivity index (χ4v) is 4.07. The van der Waals surface area contributed by atoms with E-state index in [0.29, 0.717) is 13.2 Å². The van der Waals surface area contributed by atoms with Crippen LogP contribution in [0.5, 0.6) is 0 Å². The molecule has 136 valence electrons. The third kappa shape index (κ3) is 3.41. The van der Waals surface area contributed by atoms with Gasteiger partial charge in [-0.05, 0) is 19.8 Å². The SMILES string of the molecule is C[C@@H](C(=O)N1CCC[C@H]1c1ncc2c(n1)CCNC2)N1CCOCC1. The third-order valence-electron chi connectivity index (χ3n) is 5.61. The van der Waals surface area contributed by atoms with Crippen LogP contribution in [0, 0.1) is 0 Å². The highest BCUT2D eigenvalue weighted by Gasteiger charge is 2.36. The number of carbonyl (C=O) groups excluding carboxylic acids is 1. The predicted molar refractivity (Wildman–Crippen MR) is 93.0 cm³/mol. The summed E-state index contributed by atoms with van der Waals surface area (Å²) in [6, 6.07) is -0.0810. The molecular weight excluding hydrogens is 318 g/mol. The van der Waals surface area contributed by atoms with Crippen LogP contribution in [0.15, 0.2) is 6.20 Å². The highest BCUT2D eigenvalue weighted by Crippen LogP contribution is 2.31. The van der Waals surface area contributed by atoms with E-state index < -0.39 is 0 Å². The number of nitrogens with zero attached hydrogens (tertiary/aromatic N) is 4. The molecule has 1 amide bonds. The summed E-state index contributed by atoms with van der Waals surface area (Å²) in [5, 5.41) is 3.35. The molecule has 1 aromatic rings. The van der Waals surface area contributed by atoms with Gasteiger partial charge in [0.2, 0.25) is 5.91 Å². The molecule has 1 N–H and O–H groups in total. The van der Waals surface area contributed by atoms with E-state index in [9.17, 15) is 4.79 Å². The average Bonchev–Trinajstić information content (AvgIpc) is 3.17. The first-order chi connectivity index (χ1) is 12.2. The molecule has 3 aliphatic heterocycles. The van der Waals surface area contributed by atoms with Crippen molar-refractivity contribution in [2.45, 2.75) is 44.8 Å². The van der Waals surface area contributed by atoms with Gasteiger partial charge in [-0.1, -0.05) is 0 Å². The lowest BCUT2D eigenvalue weighted by Crippen LogP contribution is -2.50. The largest absolute Gasteiger partial charge is 0.379 e. The monoisotopic (exact) mass is 345 g/mol. The molecule has 0 bridgehead atoms. The number of carbonyl (C=O) groups is 1. The normalized spacial score (nSPS) is 25.6. The Bertz CT molecular complexity index is 632. The number of morpholine rings is 1. The van der Waals surface area contributed by atoms with Crippen LogP contribution in [0.1, 0.15) is 42.9 Å². The Kier molecular flexibility index (Phi) is 4.96. The second kappa shape index (κ2) is 7.35. The topological polar surface area (TPSA) is 70.6 Å². The molecule has 0 spiro atoms. The molecule has 25 heavy (non-hydrogen) atoms. The van der Waals surface area contributed by atoms with Gasteiger partial charge in [-0.25, -0.2) is 9.97 Å². The summed E-state index contributed by atoms with van der Waals surface area (Å²) in [5.74, 6) is 1.02. The van der Waals surface area contributed by atoms with Crippen LogP contribution < -0.4 is 5.32 Å². The van der Waals surface area contributed by atoms with Gasteiger partial charge in [-0.3, -0.25) is 9.69 Å². The number of rotatable bonds is 3. The Morgan fingerprint density at radius 1 is 1.36 bits per heavy atom. The van der Waals surface area contributed by atoms with Crippen molar-refractivity contribution in [1.82, 2.24) is 25.1 Å². The molecule has 0 saturated carbocycles. The van der Waals surface area contributed by atoms with Crippen LogP contribution in [-0.4, -0.2) is 71.1 Å². The highest BCUT2D eigenvalue weighted by molar-refractivity contribution is 5.82. The highest BCUT2D eigenvalue weighted by atomic mass is 16.5. The van der Waals surface area contributed by atoms with Crippen LogP contribution >= 0.6 is 0 Å². The van der Waals surface area contributed by atoms with E-state index in [0.717, 1.165) is 63.5 Å². The van der Waals surface area contributed by atoms with Crippen molar-refractivity contribution < 1.29 is 9.53 Å². The van der Waals surface area contributed by atoms with Crippen molar-refractivity contribution in [1.29, 1.82) is 0 Å². The van der Waals surface area contributed by atoms with Gasteiger partial charge in [-0.15, -0.1) is 0 Å². The molecule has 2 fully saturated rings. The smallest absolute Gasteiger partial charge is 0.240 e. The molecule has 4 rings (SSSR count). The van der Waals surface area contributed by atoms with E-state index in [1.165, 1.54) is 5.56 Å². The first kappa shape index (κ1) is 16.9. The molecule has 7 heteroatoms. The van der Waals surface area contributed by atoms with Gasteiger partial charge in [0.15, 0.2) is 5.82 Å². The Morgan fingerprint density at radius 3 is 3.04 bits per heavy atom. The molecule has 2 saturated heterocycles. The number of likely N-dealkylation sites (tertiary alicyclic amines) is 1. The maximum Gasteiger partial charge on any atom is 0.240 e. The maximum atomic E-state index is 13.1. The van der Waals surface area contributed by atoms with Crippen molar-refractivity contribution >= 4 is 5.91 Å². The van der Waals surface area contributed by atoms with Crippen LogP contribution in [0.25, 0.3) is 0 Å². The molecule has 1 aromatic heterocycles. The first-order valence-electron chi connectivity index (χ1n) is 9.42. The van der Waals surface area contributed by atoms with E-state index in [4.69, 9.17) is 9.72 Å². The zero-order chi connectivity index (χ0) is 17.2. The van der Waals surface area contributed by atoms with E-state index in [-0.39, 0.29) is 18.0 Å². The Labute approximate surface area is 148 Å². The number of aromatic nitrogens is 2. The summed E-state index contributed by atoms with van der Waals surface area (Å²) in [6.45, 7) is 7.71. The van der Waals surface area contributed by atoms with Crippen molar-refractivity contribution in [2.24, 2.45) is 0 Å². The number of fused-ring (bicyclic) bond motifs is 1. The first-order valence-corrected chi connectivity index (χ1v) is 9.42. The van der Waals surface area contributed by atoms with Crippen LogP contribution in [0.3, 0.4) is 0 Å². The summed E-state index contributed by atoms with van der Waals surface area (Å²) < 4.78 is 5.41. The van der Waals surface area contributed by atoms with E-state index in [1.54, 1.807) is 0 Å². The van der Waals surface area contributed by atoms with E-state index >= 15 is 0 Å². The predicted octanol–water partition coefficient (Wildman–Crippen LogP) is 0.507. The molecule has 0 radical (unpaired) electrons. The van der Waals surface area contributed by atoms with Gasteiger partial charge in [0.25, 0.3) is 0 Å². The molecular formula is C18H27N5O2. The van der Waals surface area contributed by atoms with Crippen LogP contribution in [-0.2, 0) is 22.5 Å². The Balaban J connectivity index is 1.50. The Morgan fingerprint density at radius 2 is 2.20 bits per heavy atom. The van der Waals surface area contributed by atoms with Crippen molar-refractivity contribution in [3.05, 3.63) is 23.3 Å². The van der Waals surface area contributed by atoms with Crippen molar-refractivity contribution in [3.63, 3.8) is 0 Å². The molecule has 7 nitrogen and oxygen atoms in total. The number of nitrogens with one attached hydrogen (secondary N) is 1. The fraction of sp³-hybridized carbons (Fsp3) is 0.722. The van der Waals surface area contributed by atoms with Crippen molar-refractivity contribution in [2.75, 3.05) is 39.4 Å². The number of hydrogen-bond donors (Lipinski definition) is 1. The summed E-state index contributed by atoms with van der Waals surface area (Å²) in [6.07, 6.45) is 4.86. The van der Waals surface area contributed by atoms with Crippen LogP contribution in [0.4, 0.5) is 0 Å². The molecule has 0 unspecified atom stereocenters. The lowest BCUT2D eigenvalue weighted by molar-refractivity contribution is -0.139. The summed E-state index contributed by atoms with van der Waals surface area (Å²) in [7, 11) is 0. The second-order valence-electron chi connectivity index (χ2n) is 7.14. The van der Waals surface area contributed by atoms with Gasteiger partial charge < -0.3 is 15.0 Å². The maximum absolute atomic E-state index is 13.1. The lowest BCUT2D eigenvalue weighted by Gasteiger charge is -2.35. The molecule has 4 heterocycles. The van der Waals surface area contributed by atoms with Crippen LogP contribution in [0.2, 0.25) is 0 Å². The number of amides is 1. The van der Waals surface area contributed by atoms with E-state index in [2.05, 4.69) is 15.2 Å². The number of ether oxygens (including phenoxy) is 1. The zero-order valence-electron chi connectivity index (χ0n) is 14.9. The molecule has 0 aliphatic carbocycles. The molecule has 3 aliphatic rings. The van der Waals surface area contributed by atoms with Gasteiger partial charge >= 0.3 is 0 Å². The summed E-state index contributed by atoms with van der Waals surface area (Å²) in [4.78, 5) is 26.7. The van der Waals surface area contributed by atoms with Gasteiger partial charge in [0.1, 0.15) is 0 Å². The van der Waals surface area contributed by atoms with Crippen molar-refractivity contribution in [3.8, 4) is 0 Å². The average molecular weight is 345 g/mol. The summed E-state index contributed by atoms with van der Waals surface area (Å²) in [5.41, 5.74) is 2.33. The van der Waals surface area contributed by atoms with Gasteiger partial charge in [-0.2, -0.15) is 0 Å². The fourth-order valence-electron chi connectivity index (χ4n) is 4.07. The minimum Gasteiger partial charge on any atom is -0.379 e. The standard InChI is InChI=1S/C18H27N5O2/c1-13(22-7-9-25-10-8-22)18(24)23-6-2-3-16(23)17-20-12-14-11-19-5-4-15(14)21-17/h12-13,16,19H,2-11H2,1H3/t13-,16-/m0/s1. The van der Waals surface area contributed by atoms with Gasteiger partial charge in [0, 0.05) is 56.6 Å². The minimum atomic E-state index is -0.105. The molecule has 2 atom stereocenters. The molecule has 0 aromatic carbocycles. The Hall–Kier alpha value is -1.57.